The van der Waals surface area contributed by atoms with Crippen molar-refractivity contribution in [3.8, 4) is 0 Å². The molecule has 0 spiro atoms. The van der Waals surface area contributed by atoms with Crippen molar-refractivity contribution in [1.29, 1.82) is 0 Å². The maximum atomic E-state index is 12.3. The minimum atomic E-state index is -3.51. The Bertz CT molecular complexity index is 947. The molecule has 1 saturated carbocycles. The number of imidazole rings is 1. The Morgan fingerprint density at radius 1 is 1.41 bits per heavy atom. The topological polar surface area (TPSA) is 110 Å². The number of nitrogens with zero attached hydrogens (tertiary/aromatic N) is 3. The monoisotopic (exact) mass is 393 g/mol. The highest BCUT2D eigenvalue weighted by molar-refractivity contribution is 7.89. The Hall–Kier alpha value is -1.97. The number of nitrogens with one attached hydrogen (secondary N) is 1. The molecular weight excluding hydrogens is 366 g/mol. The Kier molecular flexibility index (Phi) is 5.55. The SMILES string of the molecule is CN(C)S(=O)(=O)c1ccc2c(c1)nc(CCC(=O)NC(CN)C1CC1)n2C. The van der Waals surface area contributed by atoms with E-state index in [9.17, 15) is 13.2 Å². The van der Waals surface area contributed by atoms with E-state index in [4.69, 9.17) is 5.73 Å². The molecule has 148 valence electrons. The molecule has 0 radical (unpaired) electrons. The molecule has 1 fully saturated rings. The van der Waals surface area contributed by atoms with E-state index in [2.05, 4.69) is 10.3 Å². The van der Waals surface area contributed by atoms with Gasteiger partial charge in [-0.1, -0.05) is 0 Å². The second kappa shape index (κ2) is 7.57. The molecule has 1 heterocycles. The van der Waals surface area contributed by atoms with Crippen LogP contribution in [0.15, 0.2) is 23.1 Å². The number of fused-ring (bicyclic) bond motifs is 1. The lowest BCUT2D eigenvalue weighted by Crippen LogP contribution is -2.41. The van der Waals surface area contributed by atoms with Crippen LogP contribution in [0.4, 0.5) is 0 Å². The Balaban J connectivity index is 1.73. The second-order valence-electron chi connectivity index (χ2n) is 7.27. The van der Waals surface area contributed by atoms with E-state index in [1.165, 1.54) is 18.4 Å². The molecule has 1 aromatic heterocycles. The summed E-state index contributed by atoms with van der Waals surface area (Å²) in [5, 5.41) is 3.01. The van der Waals surface area contributed by atoms with Gasteiger partial charge in [-0.15, -0.1) is 0 Å². The van der Waals surface area contributed by atoms with Crippen LogP contribution >= 0.6 is 0 Å². The number of aromatic nitrogens is 2. The number of aryl methyl sites for hydroxylation is 2. The molecule has 3 N–H and O–H groups in total. The Morgan fingerprint density at radius 3 is 2.70 bits per heavy atom. The summed E-state index contributed by atoms with van der Waals surface area (Å²) in [6.07, 6.45) is 3.06. The molecule has 2 aromatic rings. The first-order valence-corrected chi connectivity index (χ1v) is 10.6. The van der Waals surface area contributed by atoms with Crippen LogP contribution in [0.25, 0.3) is 11.0 Å². The number of nitrogens with two attached hydrogens (primary N) is 1. The zero-order valence-corrected chi connectivity index (χ0v) is 16.8. The summed E-state index contributed by atoms with van der Waals surface area (Å²) in [5.41, 5.74) is 7.17. The minimum absolute atomic E-state index is 0.0275. The zero-order chi connectivity index (χ0) is 19.8. The van der Waals surface area contributed by atoms with Gasteiger partial charge in [-0.2, -0.15) is 0 Å². The first-order chi connectivity index (χ1) is 12.7. The molecule has 8 nitrogen and oxygen atoms in total. The van der Waals surface area contributed by atoms with Crippen molar-refractivity contribution < 1.29 is 13.2 Å². The number of carbonyl (C=O) groups excluding carboxylic acids is 1. The van der Waals surface area contributed by atoms with E-state index in [1.54, 1.807) is 18.2 Å². The maximum Gasteiger partial charge on any atom is 0.242 e. The number of hydrogen-bond acceptors (Lipinski definition) is 5. The average molecular weight is 394 g/mol. The van der Waals surface area contributed by atoms with Crippen molar-refractivity contribution in [2.75, 3.05) is 20.6 Å². The van der Waals surface area contributed by atoms with Crippen LogP contribution in [-0.4, -0.2) is 54.9 Å². The van der Waals surface area contributed by atoms with Crippen LogP contribution in [0, 0.1) is 5.92 Å². The first kappa shape index (κ1) is 19.8. The highest BCUT2D eigenvalue weighted by Crippen LogP contribution is 2.32. The molecule has 1 amide bonds. The van der Waals surface area contributed by atoms with Crippen LogP contribution in [0.3, 0.4) is 0 Å². The van der Waals surface area contributed by atoms with Gasteiger partial charge in [-0.05, 0) is 37.0 Å². The van der Waals surface area contributed by atoms with Gasteiger partial charge in [0, 0.05) is 46.6 Å². The van der Waals surface area contributed by atoms with E-state index < -0.39 is 10.0 Å². The summed E-state index contributed by atoms with van der Waals surface area (Å²) in [7, 11) is 1.36. The summed E-state index contributed by atoms with van der Waals surface area (Å²) in [5.74, 6) is 1.24. The first-order valence-electron chi connectivity index (χ1n) is 9.11. The Labute approximate surface area is 159 Å². The molecule has 27 heavy (non-hydrogen) atoms. The van der Waals surface area contributed by atoms with Crippen molar-refractivity contribution in [2.24, 2.45) is 18.7 Å². The lowest BCUT2D eigenvalue weighted by Gasteiger charge is -2.15. The van der Waals surface area contributed by atoms with Gasteiger partial charge < -0.3 is 15.6 Å². The fourth-order valence-electron chi connectivity index (χ4n) is 3.20. The minimum Gasteiger partial charge on any atom is -0.352 e. The largest absolute Gasteiger partial charge is 0.352 e. The molecule has 1 unspecified atom stereocenters. The molecule has 0 bridgehead atoms. The smallest absolute Gasteiger partial charge is 0.242 e. The van der Waals surface area contributed by atoms with Crippen molar-refractivity contribution in [1.82, 2.24) is 19.2 Å². The number of benzene rings is 1. The highest BCUT2D eigenvalue weighted by Gasteiger charge is 2.31. The number of carbonyl (C=O) groups is 1. The maximum absolute atomic E-state index is 12.3. The van der Waals surface area contributed by atoms with Gasteiger partial charge in [-0.25, -0.2) is 17.7 Å². The van der Waals surface area contributed by atoms with Gasteiger partial charge in [0.25, 0.3) is 0 Å². The van der Waals surface area contributed by atoms with Gasteiger partial charge >= 0.3 is 0 Å². The third-order valence-electron chi connectivity index (χ3n) is 5.09. The fraction of sp³-hybridized carbons (Fsp3) is 0.556. The normalized spacial score (nSPS) is 16.0. The predicted molar refractivity (Wildman–Crippen MR) is 104 cm³/mol. The standard InChI is InChI=1S/C18H27N5O3S/c1-22(2)27(25,26)13-6-7-16-14(10-13)20-17(23(16)3)8-9-18(24)21-15(11-19)12-4-5-12/h6-7,10,12,15H,4-5,8-9,11,19H2,1-3H3,(H,21,24). The molecule has 1 atom stereocenters. The quantitative estimate of drug-likeness (QED) is 0.683. The van der Waals surface area contributed by atoms with E-state index in [0.717, 1.165) is 24.2 Å². The average Bonchev–Trinajstić information content (AvgIpc) is 3.42. The third kappa shape index (κ3) is 4.15. The van der Waals surface area contributed by atoms with Gasteiger partial charge in [0.05, 0.1) is 15.9 Å². The van der Waals surface area contributed by atoms with Gasteiger partial charge in [0.15, 0.2) is 0 Å². The molecule has 9 heteroatoms. The summed E-state index contributed by atoms with van der Waals surface area (Å²) >= 11 is 0. The van der Waals surface area contributed by atoms with Crippen LogP contribution in [0.1, 0.15) is 25.1 Å². The van der Waals surface area contributed by atoms with Crippen molar-refractivity contribution in [2.45, 2.75) is 36.6 Å². The predicted octanol–water partition coefficient (Wildman–Crippen LogP) is 0.610. The van der Waals surface area contributed by atoms with E-state index in [0.29, 0.717) is 30.8 Å². The van der Waals surface area contributed by atoms with E-state index in [-0.39, 0.29) is 16.8 Å². The molecule has 1 aliphatic carbocycles. The molecule has 3 rings (SSSR count). The van der Waals surface area contributed by atoms with Gasteiger partial charge in [0.1, 0.15) is 5.82 Å². The molecule has 1 aromatic carbocycles. The van der Waals surface area contributed by atoms with Crippen LogP contribution < -0.4 is 11.1 Å². The summed E-state index contributed by atoms with van der Waals surface area (Å²) in [4.78, 5) is 17.0. The zero-order valence-electron chi connectivity index (χ0n) is 16.0. The molecule has 0 saturated heterocycles. The summed E-state index contributed by atoms with van der Waals surface area (Å²) in [6, 6.07) is 4.97. The lowest BCUT2D eigenvalue weighted by atomic mass is 10.1. The summed E-state index contributed by atoms with van der Waals surface area (Å²) < 4.78 is 27.7. The van der Waals surface area contributed by atoms with E-state index >= 15 is 0 Å². The van der Waals surface area contributed by atoms with Crippen molar-refractivity contribution in [3.63, 3.8) is 0 Å². The van der Waals surface area contributed by atoms with Crippen molar-refractivity contribution >= 4 is 27.0 Å². The van der Waals surface area contributed by atoms with E-state index in [1.807, 2.05) is 11.6 Å². The number of amides is 1. The molecule has 0 aliphatic heterocycles. The van der Waals surface area contributed by atoms with Crippen LogP contribution in [0.2, 0.25) is 0 Å². The fourth-order valence-corrected chi connectivity index (χ4v) is 4.12. The highest BCUT2D eigenvalue weighted by atomic mass is 32.2. The molecule has 1 aliphatic rings. The summed E-state index contributed by atoms with van der Waals surface area (Å²) in [6.45, 7) is 0.464. The lowest BCUT2D eigenvalue weighted by molar-refractivity contribution is -0.121. The second-order valence-corrected chi connectivity index (χ2v) is 9.42. The Morgan fingerprint density at radius 2 is 2.11 bits per heavy atom. The number of hydrogen-bond donors (Lipinski definition) is 2. The van der Waals surface area contributed by atoms with Crippen LogP contribution in [-0.2, 0) is 28.3 Å². The van der Waals surface area contributed by atoms with Gasteiger partial charge in [-0.3, -0.25) is 4.79 Å². The van der Waals surface area contributed by atoms with Crippen molar-refractivity contribution in [3.05, 3.63) is 24.0 Å². The van der Waals surface area contributed by atoms with Crippen LogP contribution in [0.5, 0.6) is 0 Å². The number of rotatable bonds is 8. The van der Waals surface area contributed by atoms with Gasteiger partial charge in [0.2, 0.25) is 15.9 Å². The third-order valence-corrected chi connectivity index (χ3v) is 6.90. The number of sulfonamides is 1. The molecular formula is C18H27N5O3S.